The number of nitrogens with one attached hydrogen (secondary N) is 2. The monoisotopic (exact) mass is 236 g/mol. The molecule has 2 N–H and O–H groups in total. The van der Waals surface area contributed by atoms with Gasteiger partial charge in [-0.2, -0.15) is 0 Å². The van der Waals surface area contributed by atoms with E-state index in [1.165, 1.54) is 0 Å². The first-order valence-electron chi connectivity index (χ1n) is 4.92. The number of amides is 1. The average molecular weight is 236 g/mol. The minimum absolute atomic E-state index is 0.0547. The van der Waals surface area contributed by atoms with Crippen LogP contribution in [0.3, 0.4) is 0 Å². The minimum atomic E-state index is -3.24. The first-order chi connectivity index (χ1) is 6.66. The molecule has 6 heteroatoms. The molecule has 90 valence electrons. The lowest BCUT2D eigenvalue weighted by atomic mass is 10.1. The second-order valence-electron chi connectivity index (χ2n) is 4.28. The fourth-order valence-corrected chi connectivity index (χ4v) is 2.25. The number of hydrogen-bond donors (Lipinski definition) is 2. The number of rotatable bonds is 6. The average Bonchev–Trinajstić information content (AvgIpc) is 1.97. The van der Waals surface area contributed by atoms with Gasteiger partial charge >= 0.3 is 0 Å². The van der Waals surface area contributed by atoms with Crippen LogP contribution in [0.5, 0.6) is 0 Å². The van der Waals surface area contributed by atoms with E-state index < -0.39 is 15.6 Å². The quantitative estimate of drug-likeness (QED) is 0.693. The van der Waals surface area contributed by atoms with Crippen LogP contribution in [0, 0.1) is 0 Å². The van der Waals surface area contributed by atoms with Gasteiger partial charge < -0.3 is 5.32 Å². The lowest BCUT2D eigenvalue weighted by molar-refractivity contribution is -0.121. The van der Waals surface area contributed by atoms with Crippen LogP contribution in [0.15, 0.2) is 0 Å². The summed E-state index contributed by atoms with van der Waals surface area (Å²) in [6.45, 7) is 5.65. The molecule has 0 aliphatic carbocycles. The van der Waals surface area contributed by atoms with Crippen molar-refractivity contribution in [1.29, 1.82) is 0 Å². The molecule has 0 aliphatic rings. The van der Waals surface area contributed by atoms with Crippen LogP contribution in [0.1, 0.15) is 33.6 Å². The highest BCUT2D eigenvalue weighted by Gasteiger charge is 2.22. The van der Waals surface area contributed by atoms with E-state index in [9.17, 15) is 13.2 Å². The van der Waals surface area contributed by atoms with Crippen LogP contribution < -0.4 is 10.0 Å². The van der Waals surface area contributed by atoms with Crippen molar-refractivity contribution in [3.63, 3.8) is 0 Å². The van der Waals surface area contributed by atoms with Crippen molar-refractivity contribution in [2.24, 2.45) is 0 Å². The Morgan fingerprint density at radius 3 is 2.27 bits per heavy atom. The van der Waals surface area contributed by atoms with Gasteiger partial charge in [-0.15, -0.1) is 0 Å². The third kappa shape index (κ3) is 8.38. The number of hydrogen-bond acceptors (Lipinski definition) is 3. The van der Waals surface area contributed by atoms with Gasteiger partial charge in [0.25, 0.3) is 0 Å². The Morgan fingerprint density at radius 2 is 1.87 bits per heavy atom. The Bertz CT molecular complexity index is 309. The topological polar surface area (TPSA) is 75.3 Å². The Labute approximate surface area is 91.7 Å². The predicted octanol–water partition coefficient (Wildman–Crippen LogP) is 0.231. The molecule has 5 nitrogen and oxygen atoms in total. The summed E-state index contributed by atoms with van der Waals surface area (Å²) in [5.74, 6) is -0.0547. The fraction of sp³-hybridized carbons (Fsp3) is 0.889. The third-order valence-corrected chi connectivity index (χ3v) is 2.59. The summed E-state index contributed by atoms with van der Waals surface area (Å²) < 4.78 is 24.4. The van der Waals surface area contributed by atoms with E-state index in [4.69, 9.17) is 0 Å². The molecular weight excluding hydrogens is 216 g/mol. The van der Waals surface area contributed by atoms with E-state index in [2.05, 4.69) is 10.0 Å². The zero-order valence-corrected chi connectivity index (χ0v) is 10.6. The van der Waals surface area contributed by atoms with Crippen LogP contribution in [-0.2, 0) is 14.8 Å². The summed E-state index contributed by atoms with van der Waals surface area (Å²) in [5, 5.41) is 2.68. The van der Waals surface area contributed by atoms with Crippen LogP contribution in [0.4, 0.5) is 0 Å². The highest BCUT2D eigenvalue weighted by atomic mass is 32.2. The second kappa shape index (κ2) is 5.46. The van der Waals surface area contributed by atoms with E-state index in [0.717, 1.165) is 12.7 Å². The highest BCUT2D eigenvalue weighted by molar-refractivity contribution is 7.88. The van der Waals surface area contributed by atoms with E-state index >= 15 is 0 Å². The molecule has 0 heterocycles. The zero-order chi connectivity index (χ0) is 12.1. The van der Waals surface area contributed by atoms with E-state index in [1.54, 1.807) is 13.8 Å². The van der Waals surface area contributed by atoms with Crippen LogP contribution in [0.2, 0.25) is 0 Å². The molecule has 0 aromatic carbocycles. The van der Waals surface area contributed by atoms with Gasteiger partial charge in [-0.25, -0.2) is 13.1 Å². The number of carbonyl (C=O) groups excluding carboxylic acids is 1. The molecule has 0 aromatic heterocycles. The largest absolute Gasteiger partial charge is 0.354 e. The van der Waals surface area contributed by atoms with Gasteiger partial charge in [0.05, 0.1) is 6.26 Å². The molecular formula is C9H20N2O3S. The van der Waals surface area contributed by atoms with Crippen molar-refractivity contribution >= 4 is 15.9 Å². The van der Waals surface area contributed by atoms with E-state index in [0.29, 0.717) is 13.0 Å². The normalized spacial score (nSPS) is 12.5. The van der Waals surface area contributed by atoms with Crippen molar-refractivity contribution < 1.29 is 13.2 Å². The van der Waals surface area contributed by atoms with Gasteiger partial charge in [0, 0.05) is 18.5 Å². The lowest BCUT2D eigenvalue weighted by Gasteiger charge is -2.25. The van der Waals surface area contributed by atoms with E-state index in [-0.39, 0.29) is 5.91 Å². The summed E-state index contributed by atoms with van der Waals surface area (Å²) in [6.07, 6.45) is 2.35. The summed E-state index contributed by atoms with van der Waals surface area (Å²) in [4.78, 5) is 11.2. The second-order valence-corrected chi connectivity index (χ2v) is 6.03. The molecule has 0 aliphatic heterocycles. The lowest BCUT2D eigenvalue weighted by Crippen LogP contribution is -2.50. The zero-order valence-electron chi connectivity index (χ0n) is 9.75. The maximum absolute atomic E-state index is 11.2. The number of sulfonamides is 1. The van der Waals surface area contributed by atoms with Crippen LogP contribution in [-0.4, -0.2) is 32.7 Å². The summed E-state index contributed by atoms with van der Waals surface area (Å²) >= 11 is 0. The van der Waals surface area contributed by atoms with Gasteiger partial charge in [-0.3, -0.25) is 4.79 Å². The molecule has 0 bridgehead atoms. The number of carbonyl (C=O) groups is 1. The smallest absolute Gasteiger partial charge is 0.220 e. The van der Waals surface area contributed by atoms with Gasteiger partial charge in [0.1, 0.15) is 0 Å². The summed E-state index contributed by atoms with van der Waals surface area (Å²) in [6, 6.07) is 0. The van der Waals surface area contributed by atoms with Crippen molar-refractivity contribution in [3.8, 4) is 0 Å². The molecule has 0 aromatic rings. The SMILES string of the molecule is CCCC(=O)NCC(C)(C)NS(C)(=O)=O. The maximum atomic E-state index is 11.2. The van der Waals surface area contributed by atoms with Gasteiger partial charge in [-0.05, 0) is 20.3 Å². The standard InChI is InChI=1S/C9H20N2O3S/c1-5-6-8(12)10-7-9(2,3)11-15(4,13)14/h11H,5-7H2,1-4H3,(H,10,12). The minimum Gasteiger partial charge on any atom is -0.354 e. The van der Waals surface area contributed by atoms with Gasteiger partial charge in [0.2, 0.25) is 15.9 Å². The molecule has 15 heavy (non-hydrogen) atoms. The van der Waals surface area contributed by atoms with Gasteiger partial charge in [-0.1, -0.05) is 6.92 Å². The van der Waals surface area contributed by atoms with Crippen molar-refractivity contribution in [2.75, 3.05) is 12.8 Å². The fourth-order valence-electron chi connectivity index (χ4n) is 1.17. The molecule has 0 saturated heterocycles. The summed E-state index contributed by atoms with van der Waals surface area (Å²) in [7, 11) is -3.24. The molecule has 0 atom stereocenters. The molecule has 0 rings (SSSR count). The van der Waals surface area contributed by atoms with E-state index in [1.807, 2.05) is 6.92 Å². The molecule has 0 fully saturated rings. The molecule has 0 unspecified atom stereocenters. The first-order valence-corrected chi connectivity index (χ1v) is 6.81. The summed E-state index contributed by atoms with van der Waals surface area (Å²) in [5.41, 5.74) is -0.656. The third-order valence-electron chi connectivity index (χ3n) is 1.67. The van der Waals surface area contributed by atoms with Crippen molar-refractivity contribution in [3.05, 3.63) is 0 Å². The highest BCUT2D eigenvalue weighted by Crippen LogP contribution is 2.02. The predicted molar refractivity (Wildman–Crippen MR) is 60.0 cm³/mol. The molecule has 1 amide bonds. The molecule has 0 saturated carbocycles. The van der Waals surface area contributed by atoms with Crippen molar-refractivity contribution in [2.45, 2.75) is 39.2 Å². The van der Waals surface area contributed by atoms with Crippen LogP contribution in [0.25, 0.3) is 0 Å². The maximum Gasteiger partial charge on any atom is 0.220 e. The van der Waals surface area contributed by atoms with Crippen molar-refractivity contribution in [1.82, 2.24) is 10.0 Å². The first kappa shape index (κ1) is 14.4. The van der Waals surface area contributed by atoms with Crippen LogP contribution >= 0.6 is 0 Å². The Balaban J connectivity index is 4.10. The van der Waals surface area contributed by atoms with Gasteiger partial charge in [0.15, 0.2) is 0 Å². The Hall–Kier alpha value is -0.620. The molecule has 0 spiro atoms. The Kier molecular flexibility index (Phi) is 5.23. The molecule has 0 radical (unpaired) electrons. The Morgan fingerprint density at radius 1 is 1.33 bits per heavy atom.